The van der Waals surface area contributed by atoms with E-state index in [-0.39, 0.29) is 23.9 Å². The van der Waals surface area contributed by atoms with Gasteiger partial charge >= 0.3 is 6.03 Å². The number of benzene rings is 1. The van der Waals surface area contributed by atoms with E-state index < -0.39 is 6.17 Å². The maximum Gasteiger partial charge on any atom is 0.319 e. The van der Waals surface area contributed by atoms with Crippen molar-refractivity contribution in [1.82, 2.24) is 20.5 Å². The summed E-state index contributed by atoms with van der Waals surface area (Å²) in [5, 5.41) is 6.10. The molecule has 34 heavy (non-hydrogen) atoms. The second-order valence-corrected chi connectivity index (χ2v) is 9.21. The SMILES string of the molecule is CC(NC(=O)C1CCC(CN)CC1)[C@H]1N=C(c2ccccc2)CN1C(=O)NCc1ccccn1. The Morgan fingerprint density at radius 3 is 2.50 bits per heavy atom. The molecule has 2 heterocycles. The van der Waals surface area contributed by atoms with Crippen LogP contribution >= 0.6 is 0 Å². The summed E-state index contributed by atoms with van der Waals surface area (Å²) < 4.78 is 0. The van der Waals surface area contributed by atoms with Crippen LogP contribution in [0.3, 0.4) is 0 Å². The summed E-state index contributed by atoms with van der Waals surface area (Å²) in [6, 6.07) is 14.9. The van der Waals surface area contributed by atoms with Gasteiger partial charge in [-0.25, -0.2) is 4.79 Å². The fourth-order valence-corrected chi connectivity index (χ4v) is 4.74. The van der Waals surface area contributed by atoms with Crippen LogP contribution in [0.4, 0.5) is 4.79 Å². The number of carbonyl (C=O) groups is 2. The number of nitrogens with two attached hydrogens (primary N) is 1. The number of pyridine rings is 1. The Kier molecular flexibility index (Phi) is 7.90. The van der Waals surface area contributed by atoms with Crippen LogP contribution in [0, 0.1) is 11.8 Å². The molecule has 8 nitrogen and oxygen atoms in total. The predicted molar refractivity (Wildman–Crippen MR) is 132 cm³/mol. The van der Waals surface area contributed by atoms with Crippen molar-refractivity contribution in [1.29, 1.82) is 0 Å². The van der Waals surface area contributed by atoms with E-state index in [4.69, 9.17) is 10.7 Å². The number of aliphatic imine (C=N–C) groups is 1. The van der Waals surface area contributed by atoms with Gasteiger partial charge in [0.15, 0.2) is 0 Å². The first-order valence-corrected chi connectivity index (χ1v) is 12.1. The normalized spacial score (nSPS) is 23.2. The van der Waals surface area contributed by atoms with Crippen LogP contribution in [0.1, 0.15) is 43.9 Å². The highest BCUT2D eigenvalue weighted by molar-refractivity contribution is 6.05. The van der Waals surface area contributed by atoms with Crippen LogP contribution in [0.25, 0.3) is 0 Å². The van der Waals surface area contributed by atoms with Gasteiger partial charge in [0.05, 0.1) is 30.5 Å². The van der Waals surface area contributed by atoms with E-state index in [0.717, 1.165) is 42.7 Å². The summed E-state index contributed by atoms with van der Waals surface area (Å²) >= 11 is 0. The zero-order valence-corrected chi connectivity index (χ0v) is 19.7. The molecule has 1 aliphatic carbocycles. The van der Waals surface area contributed by atoms with Gasteiger partial charge in [0.25, 0.3) is 0 Å². The Hall–Kier alpha value is -3.26. The Labute approximate surface area is 201 Å². The first kappa shape index (κ1) is 23.9. The Bertz CT molecular complexity index is 989. The predicted octanol–water partition coefficient (Wildman–Crippen LogP) is 2.69. The van der Waals surface area contributed by atoms with Gasteiger partial charge in [0, 0.05) is 12.1 Å². The van der Waals surface area contributed by atoms with Crippen molar-refractivity contribution in [2.24, 2.45) is 22.6 Å². The highest BCUT2D eigenvalue weighted by Gasteiger charge is 2.36. The van der Waals surface area contributed by atoms with Crippen molar-refractivity contribution in [3.05, 3.63) is 66.0 Å². The molecular formula is C26H34N6O2. The molecule has 0 bridgehead atoms. The van der Waals surface area contributed by atoms with Crippen molar-refractivity contribution in [3.63, 3.8) is 0 Å². The van der Waals surface area contributed by atoms with Crippen molar-refractivity contribution in [2.45, 2.75) is 51.4 Å². The summed E-state index contributed by atoms with van der Waals surface area (Å²) in [6.45, 7) is 3.32. The molecule has 1 saturated carbocycles. The molecule has 4 N–H and O–H groups in total. The van der Waals surface area contributed by atoms with Crippen molar-refractivity contribution in [3.8, 4) is 0 Å². The fourth-order valence-electron chi connectivity index (χ4n) is 4.74. The number of urea groups is 1. The van der Waals surface area contributed by atoms with Gasteiger partial charge < -0.3 is 16.4 Å². The number of hydrogen-bond acceptors (Lipinski definition) is 5. The summed E-state index contributed by atoms with van der Waals surface area (Å²) in [5.41, 5.74) is 8.39. The van der Waals surface area contributed by atoms with Crippen LogP contribution in [0.15, 0.2) is 59.7 Å². The minimum absolute atomic E-state index is 0.00402. The average Bonchev–Trinajstić information content (AvgIpc) is 3.34. The average molecular weight is 463 g/mol. The molecule has 0 saturated heterocycles. The molecule has 0 radical (unpaired) electrons. The second-order valence-electron chi connectivity index (χ2n) is 9.21. The van der Waals surface area contributed by atoms with Crippen LogP contribution in [-0.2, 0) is 11.3 Å². The Balaban J connectivity index is 1.44. The highest BCUT2D eigenvalue weighted by atomic mass is 16.2. The topological polar surface area (TPSA) is 113 Å². The van der Waals surface area contributed by atoms with Crippen molar-refractivity contribution < 1.29 is 9.59 Å². The standard InChI is InChI=1S/C26H34N6O2/c1-18(30-25(33)21-12-10-19(15-27)11-13-21)24-31-23(20-7-3-2-4-8-20)17-32(24)26(34)29-16-22-9-5-6-14-28-22/h2-9,14,18-19,21,24H,10-13,15-17,27H2,1H3,(H,29,34)(H,30,33)/t18?,19?,21?,24-/m0/s1. The smallest absolute Gasteiger partial charge is 0.319 e. The molecule has 1 aromatic carbocycles. The van der Waals surface area contributed by atoms with Gasteiger partial charge in [-0.3, -0.25) is 19.7 Å². The number of carbonyl (C=O) groups excluding carboxylic acids is 2. The first-order chi connectivity index (χ1) is 16.5. The summed E-state index contributed by atoms with van der Waals surface area (Å²) in [5.74, 6) is 0.559. The molecule has 1 unspecified atom stereocenters. The Morgan fingerprint density at radius 2 is 1.82 bits per heavy atom. The zero-order chi connectivity index (χ0) is 23.9. The van der Waals surface area contributed by atoms with E-state index in [1.54, 1.807) is 11.1 Å². The van der Waals surface area contributed by atoms with E-state index in [9.17, 15) is 9.59 Å². The van der Waals surface area contributed by atoms with Gasteiger partial charge in [-0.2, -0.15) is 0 Å². The lowest BCUT2D eigenvalue weighted by atomic mass is 9.81. The number of nitrogens with one attached hydrogen (secondary N) is 2. The lowest BCUT2D eigenvalue weighted by Crippen LogP contribution is -2.53. The second kappa shape index (κ2) is 11.2. The summed E-state index contributed by atoms with van der Waals surface area (Å²) in [7, 11) is 0. The Morgan fingerprint density at radius 1 is 1.09 bits per heavy atom. The van der Waals surface area contributed by atoms with E-state index in [2.05, 4.69) is 15.6 Å². The van der Waals surface area contributed by atoms with Gasteiger partial charge in [-0.05, 0) is 62.8 Å². The number of aromatic nitrogens is 1. The molecule has 3 amide bonds. The van der Waals surface area contributed by atoms with Gasteiger partial charge in [0.2, 0.25) is 5.91 Å². The van der Waals surface area contributed by atoms with E-state index in [0.29, 0.717) is 25.6 Å². The van der Waals surface area contributed by atoms with E-state index in [1.807, 2.05) is 55.5 Å². The molecule has 4 rings (SSSR count). The number of nitrogens with zero attached hydrogens (tertiary/aromatic N) is 3. The molecule has 1 aliphatic heterocycles. The molecule has 1 fully saturated rings. The largest absolute Gasteiger partial charge is 0.349 e. The molecule has 180 valence electrons. The lowest BCUT2D eigenvalue weighted by Gasteiger charge is -2.31. The number of rotatable bonds is 7. The van der Waals surface area contributed by atoms with Crippen molar-refractivity contribution >= 4 is 17.6 Å². The van der Waals surface area contributed by atoms with E-state index >= 15 is 0 Å². The molecule has 0 spiro atoms. The molecule has 2 aromatic rings. The molecule has 8 heteroatoms. The molecule has 2 aliphatic rings. The minimum Gasteiger partial charge on any atom is -0.349 e. The molecule has 1 aromatic heterocycles. The fraction of sp³-hybridized carbons (Fsp3) is 0.462. The lowest BCUT2D eigenvalue weighted by molar-refractivity contribution is -0.127. The third-order valence-electron chi connectivity index (χ3n) is 6.81. The highest BCUT2D eigenvalue weighted by Crippen LogP contribution is 2.28. The van der Waals surface area contributed by atoms with Crippen LogP contribution in [0.2, 0.25) is 0 Å². The summed E-state index contributed by atoms with van der Waals surface area (Å²) in [6.07, 6.45) is 4.92. The van der Waals surface area contributed by atoms with E-state index in [1.165, 1.54) is 0 Å². The molecule has 2 atom stereocenters. The van der Waals surface area contributed by atoms with Crippen LogP contribution in [0.5, 0.6) is 0 Å². The zero-order valence-electron chi connectivity index (χ0n) is 19.7. The maximum atomic E-state index is 13.2. The van der Waals surface area contributed by atoms with Crippen molar-refractivity contribution in [2.75, 3.05) is 13.1 Å². The number of amides is 3. The van der Waals surface area contributed by atoms with Crippen LogP contribution < -0.4 is 16.4 Å². The third-order valence-corrected chi connectivity index (χ3v) is 6.81. The monoisotopic (exact) mass is 462 g/mol. The first-order valence-electron chi connectivity index (χ1n) is 12.1. The summed E-state index contributed by atoms with van der Waals surface area (Å²) in [4.78, 5) is 37.0. The minimum atomic E-state index is -0.483. The quantitative estimate of drug-likeness (QED) is 0.587. The van der Waals surface area contributed by atoms with Gasteiger partial charge in [0.1, 0.15) is 6.17 Å². The van der Waals surface area contributed by atoms with Crippen LogP contribution in [-0.4, -0.2) is 52.8 Å². The number of hydrogen-bond donors (Lipinski definition) is 3. The van der Waals surface area contributed by atoms with Gasteiger partial charge in [-0.1, -0.05) is 36.4 Å². The maximum absolute atomic E-state index is 13.2. The van der Waals surface area contributed by atoms with Gasteiger partial charge in [-0.15, -0.1) is 0 Å². The molecular weight excluding hydrogens is 428 g/mol. The third kappa shape index (κ3) is 5.80.